The summed E-state index contributed by atoms with van der Waals surface area (Å²) in [6, 6.07) is 8.85. The van der Waals surface area contributed by atoms with Crippen molar-refractivity contribution in [2.75, 3.05) is 25.4 Å². The summed E-state index contributed by atoms with van der Waals surface area (Å²) < 4.78 is 33.0. The number of hydrogen-bond donors (Lipinski definition) is 1. The highest BCUT2D eigenvalue weighted by molar-refractivity contribution is 7.92. The fourth-order valence-electron chi connectivity index (χ4n) is 2.00. The predicted octanol–water partition coefficient (Wildman–Crippen LogP) is 3.57. The van der Waals surface area contributed by atoms with E-state index in [1.165, 1.54) is 35.2 Å². The summed E-state index contributed by atoms with van der Waals surface area (Å²) in [7, 11) is -0.609. The number of carbonyl (C=O) groups is 1. The second-order valence-electron chi connectivity index (χ2n) is 5.73. The van der Waals surface area contributed by atoms with Crippen molar-refractivity contribution in [1.29, 1.82) is 0 Å². The average molecular weight is 417 g/mol. The number of likely N-dealkylation sites (N-methyl/N-ethyl adjacent to an activating group) is 1. The second kappa shape index (κ2) is 8.16. The molecule has 2 aromatic rings. The van der Waals surface area contributed by atoms with Gasteiger partial charge in [0.15, 0.2) is 6.61 Å². The van der Waals surface area contributed by atoms with Gasteiger partial charge < -0.3 is 9.64 Å². The Labute approximate surface area is 162 Å². The van der Waals surface area contributed by atoms with Gasteiger partial charge in [0.05, 0.1) is 15.6 Å². The molecule has 0 unspecified atom stereocenters. The number of carbonyl (C=O) groups excluding carboxylic acids is 1. The van der Waals surface area contributed by atoms with Gasteiger partial charge in [-0.1, -0.05) is 23.2 Å². The van der Waals surface area contributed by atoms with E-state index >= 15 is 0 Å². The number of nitrogens with zero attached hydrogens (tertiary/aromatic N) is 1. The Morgan fingerprint density at radius 2 is 1.85 bits per heavy atom. The molecule has 0 bridgehead atoms. The molecule has 0 spiro atoms. The number of rotatable bonds is 6. The molecule has 0 aliphatic rings. The molecule has 0 aliphatic carbocycles. The summed E-state index contributed by atoms with van der Waals surface area (Å²) in [6.07, 6.45) is 0. The van der Waals surface area contributed by atoms with Crippen molar-refractivity contribution in [2.24, 2.45) is 0 Å². The third kappa shape index (κ3) is 5.03. The topological polar surface area (TPSA) is 75.7 Å². The zero-order chi connectivity index (χ0) is 19.5. The number of ether oxygens (including phenoxy) is 1. The van der Waals surface area contributed by atoms with Gasteiger partial charge in [-0.15, -0.1) is 0 Å². The maximum atomic E-state index is 12.6. The van der Waals surface area contributed by atoms with Crippen molar-refractivity contribution in [1.82, 2.24) is 4.90 Å². The Balaban J connectivity index is 2.21. The van der Waals surface area contributed by atoms with Crippen molar-refractivity contribution in [3.8, 4) is 5.75 Å². The van der Waals surface area contributed by atoms with Crippen LogP contribution in [-0.4, -0.2) is 39.9 Å². The van der Waals surface area contributed by atoms with Crippen molar-refractivity contribution in [2.45, 2.75) is 11.8 Å². The monoisotopic (exact) mass is 416 g/mol. The van der Waals surface area contributed by atoms with Crippen LogP contribution in [0.15, 0.2) is 41.3 Å². The maximum Gasteiger partial charge on any atom is 0.261 e. The van der Waals surface area contributed by atoms with Crippen LogP contribution < -0.4 is 9.46 Å². The molecule has 0 saturated carbocycles. The quantitative estimate of drug-likeness (QED) is 0.780. The minimum absolute atomic E-state index is 0.0392. The van der Waals surface area contributed by atoms with Crippen LogP contribution in [-0.2, 0) is 14.8 Å². The molecule has 0 saturated heterocycles. The number of sulfonamides is 1. The minimum Gasteiger partial charge on any atom is -0.483 e. The van der Waals surface area contributed by atoms with Crippen LogP contribution in [0.4, 0.5) is 5.69 Å². The highest BCUT2D eigenvalue weighted by Crippen LogP contribution is 2.29. The lowest BCUT2D eigenvalue weighted by Gasteiger charge is -2.14. The normalized spacial score (nSPS) is 11.1. The molecule has 140 valence electrons. The molecule has 2 rings (SSSR count). The van der Waals surface area contributed by atoms with Gasteiger partial charge in [-0.3, -0.25) is 9.52 Å². The highest BCUT2D eigenvalue weighted by atomic mass is 35.5. The standard InChI is InChI=1S/C17H18Cl2N2O4S/c1-11-8-13(5-7-16(11)25-10-17(22)21(2)3)26(23,24)20-15-9-12(18)4-6-14(15)19/h4-9,20H,10H2,1-3H3. The molecule has 0 aromatic heterocycles. The molecular formula is C17H18Cl2N2O4S. The zero-order valence-electron chi connectivity index (χ0n) is 14.4. The smallest absolute Gasteiger partial charge is 0.261 e. The second-order valence-corrected chi connectivity index (χ2v) is 8.26. The number of hydrogen-bond acceptors (Lipinski definition) is 4. The molecule has 6 nitrogen and oxygen atoms in total. The summed E-state index contributed by atoms with van der Waals surface area (Å²) in [5.74, 6) is 0.235. The zero-order valence-corrected chi connectivity index (χ0v) is 16.7. The van der Waals surface area contributed by atoms with Crippen LogP contribution >= 0.6 is 23.2 Å². The molecule has 1 amide bonds. The summed E-state index contributed by atoms with van der Waals surface area (Å²) >= 11 is 11.9. The van der Waals surface area contributed by atoms with Gasteiger partial charge >= 0.3 is 0 Å². The van der Waals surface area contributed by atoms with Gasteiger partial charge in [0.2, 0.25) is 0 Å². The Bertz CT molecular complexity index is 930. The first-order valence-corrected chi connectivity index (χ1v) is 9.75. The number of anilines is 1. The molecule has 2 aromatic carbocycles. The largest absolute Gasteiger partial charge is 0.483 e. The van der Waals surface area contributed by atoms with Crippen molar-refractivity contribution >= 4 is 44.8 Å². The minimum atomic E-state index is -3.86. The first-order chi connectivity index (χ1) is 12.1. The molecule has 0 atom stereocenters. The van der Waals surface area contributed by atoms with Crippen molar-refractivity contribution < 1.29 is 17.9 Å². The van der Waals surface area contributed by atoms with Gasteiger partial charge in [-0.25, -0.2) is 8.42 Å². The number of benzene rings is 2. The van der Waals surface area contributed by atoms with Crippen LogP contribution in [0.25, 0.3) is 0 Å². The molecular weight excluding hydrogens is 399 g/mol. The number of amides is 1. The third-order valence-corrected chi connectivity index (χ3v) is 5.41. The number of nitrogens with one attached hydrogen (secondary N) is 1. The first kappa shape index (κ1) is 20.4. The predicted molar refractivity (Wildman–Crippen MR) is 103 cm³/mol. The van der Waals surface area contributed by atoms with E-state index in [0.717, 1.165) is 0 Å². The summed E-state index contributed by atoms with van der Waals surface area (Å²) in [5, 5.41) is 0.592. The SMILES string of the molecule is Cc1cc(S(=O)(=O)Nc2cc(Cl)ccc2Cl)ccc1OCC(=O)N(C)C. The third-order valence-electron chi connectivity index (χ3n) is 3.48. The van der Waals surface area contributed by atoms with Crippen molar-refractivity contribution in [3.63, 3.8) is 0 Å². The summed E-state index contributed by atoms with van der Waals surface area (Å²) in [6.45, 7) is 1.57. The van der Waals surface area contributed by atoms with Crippen LogP contribution in [0.3, 0.4) is 0 Å². The molecule has 0 aliphatic heterocycles. The van der Waals surface area contributed by atoms with E-state index in [0.29, 0.717) is 16.3 Å². The van der Waals surface area contributed by atoms with Gasteiger partial charge in [0, 0.05) is 19.1 Å². The Hall–Kier alpha value is -1.96. The van der Waals surface area contributed by atoms with Gasteiger partial charge in [0.25, 0.3) is 15.9 Å². The molecule has 9 heteroatoms. The van der Waals surface area contributed by atoms with E-state index < -0.39 is 10.0 Å². The van der Waals surface area contributed by atoms with E-state index in [4.69, 9.17) is 27.9 Å². The number of halogens is 2. The lowest BCUT2D eigenvalue weighted by atomic mass is 10.2. The van der Waals surface area contributed by atoms with Crippen LogP contribution in [0.5, 0.6) is 5.75 Å². The molecule has 1 N–H and O–H groups in total. The van der Waals surface area contributed by atoms with E-state index in [-0.39, 0.29) is 28.1 Å². The van der Waals surface area contributed by atoms with Crippen LogP contribution in [0, 0.1) is 6.92 Å². The summed E-state index contributed by atoms with van der Waals surface area (Å²) in [5.41, 5.74) is 0.769. The Morgan fingerprint density at radius 3 is 2.46 bits per heavy atom. The van der Waals surface area contributed by atoms with Gasteiger partial charge in [-0.05, 0) is 48.9 Å². The maximum absolute atomic E-state index is 12.6. The fraction of sp³-hybridized carbons (Fsp3) is 0.235. The molecule has 0 radical (unpaired) electrons. The summed E-state index contributed by atoms with van der Waals surface area (Å²) in [4.78, 5) is 13.0. The van der Waals surface area contributed by atoms with Gasteiger partial charge in [-0.2, -0.15) is 0 Å². The fourth-order valence-corrected chi connectivity index (χ4v) is 3.55. The van der Waals surface area contributed by atoms with Crippen LogP contribution in [0.1, 0.15) is 5.56 Å². The van der Waals surface area contributed by atoms with Gasteiger partial charge in [0.1, 0.15) is 5.75 Å². The average Bonchev–Trinajstić information content (AvgIpc) is 2.56. The lowest BCUT2D eigenvalue weighted by Crippen LogP contribution is -2.27. The van der Waals surface area contributed by atoms with E-state index in [1.54, 1.807) is 27.1 Å². The van der Waals surface area contributed by atoms with E-state index in [1.807, 2.05) is 0 Å². The Kier molecular flexibility index (Phi) is 6.39. The molecule has 26 heavy (non-hydrogen) atoms. The van der Waals surface area contributed by atoms with E-state index in [2.05, 4.69) is 4.72 Å². The first-order valence-electron chi connectivity index (χ1n) is 7.51. The lowest BCUT2D eigenvalue weighted by molar-refractivity contribution is -0.130. The Morgan fingerprint density at radius 1 is 1.15 bits per heavy atom. The van der Waals surface area contributed by atoms with Crippen LogP contribution in [0.2, 0.25) is 10.0 Å². The van der Waals surface area contributed by atoms with E-state index in [9.17, 15) is 13.2 Å². The number of aryl methyl sites for hydroxylation is 1. The molecule has 0 heterocycles. The highest BCUT2D eigenvalue weighted by Gasteiger charge is 2.18. The van der Waals surface area contributed by atoms with Crippen molar-refractivity contribution in [3.05, 3.63) is 52.0 Å². The molecule has 0 fully saturated rings.